The summed E-state index contributed by atoms with van der Waals surface area (Å²) in [6.45, 7) is 1.92. The fourth-order valence-corrected chi connectivity index (χ4v) is 3.96. The molecule has 130 valence electrons. The minimum absolute atomic E-state index is 0.0224. The van der Waals surface area contributed by atoms with E-state index in [1.807, 2.05) is 0 Å². The molecule has 0 aliphatic rings. The maximum Gasteiger partial charge on any atom is 0.242 e. The van der Waals surface area contributed by atoms with E-state index < -0.39 is 15.7 Å². The quantitative estimate of drug-likeness (QED) is 0.743. The van der Waals surface area contributed by atoms with Gasteiger partial charge in [0.15, 0.2) is 11.6 Å². The second-order valence-electron chi connectivity index (χ2n) is 5.31. The van der Waals surface area contributed by atoms with Crippen molar-refractivity contribution in [3.05, 3.63) is 60.1 Å². The highest BCUT2D eigenvalue weighted by atomic mass is 32.2. The number of rotatable bonds is 5. The first-order chi connectivity index (χ1) is 11.9. The Morgan fingerprint density at radius 2 is 1.92 bits per heavy atom. The van der Waals surface area contributed by atoms with E-state index in [9.17, 15) is 12.8 Å². The van der Waals surface area contributed by atoms with E-state index in [0.29, 0.717) is 17.9 Å². The normalized spacial score (nSPS) is 11.6. The first-order valence-corrected chi connectivity index (χ1v) is 8.94. The fraction of sp³-hybridized carbons (Fsp3) is 0.188. The van der Waals surface area contributed by atoms with Crippen LogP contribution in [0.4, 0.5) is 4.39 Å². The molecule has 25 heavy (non-hydrogen) atoms. The van der Waals surface area contributed by atoms with Gasteiger partial charge in [0.1, 0.15) is 0 Å². The van der Waals surface area contributed by atoms with Crippen LogP contribution in [-0.4, -0.2) is 35.0 Å². The second-order valence-corrected chi connectivity index (χ2v) is 7.13. The van der Waals surface area contributed by atoms with Gasteiger partial charge in [-0.1, -0.05) is 0 Å². The van der Waals surface area contributed by atoms with Gasteiger partial charge in [-0.05, 0) is 38.2 Å². The molecule has 0 saturated heterocycles. The summed E-state index contributed by atoms with van der Waals surface area (Å²) in [7, 11) is -2.30. The number of nitrogens with zero attached hydrogens (tertiary/aromatic N) is 4. The predicted octanol–water partition coefficient (Wildman–Crippen LogP) is 1.66. The summed E-state index contributed by atoms with van der Waals surface area (Å²) in [4.78, 5) is 12.2. The van der Waals surface area contributed by atoms with Gasteiger partial charge in [-0.15, -0.1) is 0 Å². The number of aromatic nitrogens is 4. The molecule has 3 aromatic rings. The van der Waals surface area contributed by atoms with Gasteiger partial charge >= 0.3 is 0 Å². The van der Waals surface area contributed by atoms with Crippen molar-refractivity contribution in [2.75, 3.05) is 7.05 Å². The summed E-state index contributed by atoms with van der Waals surface area (Å²) in [6, 6.07) is 5.63. The number of nitrogens with one attached hydrogen (secondary N) is 1. The summed E-state index contributed by atoms with van der Waals surface area (Å²) in [6.07, 6.45) is 4.36. The number of sulfone groups is 1. The zero-order valence-electron chi connectivity index (χ0n) is 13.6. The monoisotopic (exact) mass is 361 g/mol. The molecule has 0 aliphatic heterocycles. The summed E-state index contributed by atoms with van der Waals surface area (Å²) in [5.74, 6) is -0.771. The van der Waals surface area contributed by atoms with Crippen LogP contribution in [0.15, 0.2) is 52.9 Å². The highest BCUT2D eigenvalue weighted by molar-refractivity contribution is 7.91. The lowest BCUT2D eigenvalue weighted by Gasteiger charge is -2.09. The SMILES string of the molecule is CNCc1cn(-c2ncccc2F)c(S(=O)(=O)c2cccnc2C)n1. The van der Waals surface area contributed by atoms with E-state index >= 15 is 0 Å². The highest BCUT2D eigenvalue weighted by Gasteiger charge is 2.28. The van der Waals surface area contributed by atoms with Crippen molar-refractivity contribution in [3.8, 4) is 5.82 Å². The van der Waals surface area contributed by atoms with Crippen molar-refractivity contribution in [2.45, 2.75) is 23.5 Å². The van der Waals surface area contributed by atoms with Crippen LogP contribution in [0.1, 0.15) is 11.4 Å². The van der Waals surface area contributed by atoms with Crippen LogP contribution in [0.25, 0.3) is 5.82 Å². The molecule has 0 bridgehead atoms. The fourth-order valence-electron chi connectivity index (χ4n) is 2.42. The Hall–Kier alpha value is -2.65. The third-order valence-corrected chi connectivity index (χ3v) is 5.32. The zero-order valence-corrected chi connectivity index (χ0v) is 14.5. The molecule has 0 unspecified atom stereocenters. The molecule has 9 heteroatoms. The first-order valence-electron chi connectivity index (χ1n) is 7.45. The van der Waals surface area contributed by atoms with Crippen LogP contribution in [-0.2, 0) is 16.4 Å². The van der Waals surface area contributed by atoms with Crippen molar-refractivity contribution >= 4 is 9.84 Å². The van der Waals surface area contributed by atoms with Gasteiger partial charge in [0, 0.05) is 25.1 Å². The van der Waals surface area contributed by atoms with Crippen LogP contribution < -0.4 is 5.32 Å². The zero-order chi connectivity index (χ0) is 18.0. The van der Waals surface area contributed by atoms with E-state index in [-0.39, 0.29) is 15.9 Å². The van der Waals surface area contributed by atoms with Gasteiger partial charge in [-0.3, -0.25) is 9.55 Å². The number of aryl methyl sites for hydroxylation is 1. The lowest BCUT2D eigenvalue weighted by molar-refractivity contribution is 0.574. The molecular formula is C16H16FN5O2S. The molecule has 0 fully saturated rings. The number of pyridine rings is 2. The van der Waals surface area contributed by atoms with E-state index in [0.717, 1.165) is 4.57 Å². The molecule has 1 N–H and O–H groups in total. The van der Waals surface area contributed by atoms with Crippen LogP contribution in [0.2, 0.25) is 0 Å². The maximum absolute atomic E-state index is 14.2. The van der Waals surface area contributed by atoms with E-state index in [1.165, 1.54) is 42.9 Å². The first kappa shape index (κ1) is 17.2. The van der Waals surface area contributed by atoms with Crippen molar-refractivity contribution in [3.63, 3.8) is 0 Å². The molecule has 0 atom stereocenters. The van der Waals surface area contributed by atoms with Crippen molar-refractivity contribution in [1.82, 2.24) is 24.8 Å². The number of halogens is 1. The molecule has 0 aromatic carbocycles. The lowest BCUT2D eigenvalue weighted by atomic mass is 10.4. The molecule has 0 spiro atoms. The van der Waals surface area contributed by atoms with Crippen LogP contribution >= 0.6 is 0 Å². The van der Waals surface area contributed by atoms with Gasteiger partial charge in [-0.25, -0.2) is 22.8 Å². The summed E-state index contributed by atoms with van der Waals surface area (Å²) in [5, 5.41) is 2.60. The van der Waals surface area contributed by atoms with E-state index in [1.54, 1.807) is 14.0 Å². The van der Waals surface area contributed by atoms with Crippen molar-refractivity contribution in [2.24, 2.45) is 0 Å². The molecule has 0 radical (unpaired) electrons. The van der Waals surface area contributed by atoms with Crippen molar-refractivity contribution in [1.29, 1.82) is 0 Å². The van der Waals surface area contributed by atoms with Gasteiger partial charge in [0.05, 0.1) is 16.3 Å². The minimum Gasteiger partial charge on any atom is -0.314 e. The Labute approximate surface area is 144 Å². The summed E-state index contributed by atoms with van der Waals surface area (Å²) >= 11 is 0. The summed E-state index contributed by atoms with van der Waals surface area (Å²) in [5.41, 5.74) is 0.793. The molecule has 3 aromatic heterocycles. The Kier molecular flexibility index (Phi) is 4.60. The largest absolute Gasteiger partial charge is 0.314 e. The Morgan fingerprint density at radius 1 is 1.20 bits per heavy atom. The average molecular weight is 361 g/mol. The standard InChI is InChI=1S/C16H16FN5O2S/c1-11-14(6-4-7-19-11)25(23,24)16-21-12(9-18-2)10-22(16)15-13(17)5-3-8-20-15/h3-8,10,18H,9H2,1-2H3. The van der Waals surface area contributed by atoms with Crippen LogP contribution in [0, 0.1) is 12.7 Å². The predicted molar refractivity (Wildman–Crippen MR) is 88.5 cm³/mol. The molecular weight excluding hydrogens is 345 g/mol. The van der Waals surface area contributed by atoms with Crippen LogP contribution in [0.5, 0.6) is 0 Å². The number of hydrogen-bond acceptors (Lipinski definition) is 6. The summed E-state index contributed by atoms with van der Waals surface area (Å²) < 4.78 is 41.5. The highest BCUT2D eigenvalue weighted by Crippen LogP contribution is 2.25. The van der Waals surface area contributed by atoms with Gasteiger partial charge in [0.25, 0.3) is 0 Å². The van der Waals surface area contributed by atoms with Crippen molar-refractivity contribution < 1.29 is 12.8 Å². The second kappa shape index (κ2) is 6.69. The topological polar surface area (TPSA) is 89.8 Å². The molecule has 7 nitrogen and oxygen atoms in total. The maximum atomic E-state index is 14.2. The van der Waals surface area contributed by atoms with Gasteiger partial charge in [0.2, 0.25) is 15.0 Å². The van der Waals surface area contributed by atoms with Gasteiger partial charge < -0.3 is 5.32 Å². The molecule has 0 saturated carbocycles. The molecule has 3 rings (SSSR count). The average Bonchev–Trinajstić information content (AvgIpc) is 3.00. The molecule has 0 amide bonds. The minimum atomic E-state index is -4.01. The molecule has 3 heterocycles. The Morgan fingerprint density at radius 3 is 2.60 bits per heavy atom. The Bertz CT molecular complexity index is 1020. The third-order valence-electron chi connectivity index (χ3n) is 3.54. The molecule has 0 aliphatic carbocycles. The Balaban J connectivity index is 2.25. The van der Waals surface area contributed by atoms with Crippen LogP contribution in [0.3, 0.4) is 0 Å². The van der Waals surface area contributed by atoms with E-state index in [2.05, 4.69) is 20.3 Å². The van der Waals surface area contributed by atoms with E-state index in [4.69, 9.17) is 0 Å². The number of hydrogen-bond donors (Lipinski definition) is 1. The lowest BCUT2D eigenvalue weighted by Crippen LogP contribution is -2.13. The number of imidazole rings is 1. The van der Waals surface area contributed by atoms with Gasteiger partial charge in [-0.2, -0.15) is 0 Å². The smallest absolute Gasteiger partial charge is 0.242 e. The third kappa shape index (κ3) is 3.15.